The van der Waals surface area contributed by atoms with Crippen LogP contribution in [0.1, 0.15) is 56.6 Å². The van der Waals surface area contributed by atoms with Crippen LogP contribution in [0, 0.1) is 0 Å². The molecule has 1 aliphatic heterocycles. The van der Waals surface area contributed by atoms with Crippen molar-refractivity contribution in [3.05, 3.63) is 106 Å². The van der Waals surface area contributed by atoms with Crippen molar-refractivity contribution in [2.24, 2.45) is 0 Å². The van der Waals surface area contributed by atoms with E-state index in [-0.39, 0.29) is 6.42 Å². The third kappa shape index (κ3) is 5.89. The second-order valence-electron chi connectivity index (χ2n) is 10.4. The number of imide groups is 1. The average Bonchev–Trinajstić information content (AvgIpc) is 3.16. The Hall–Kier alpha value is -2.90. The number of ether oxygens (including phenoxy) is 1. The van der Waals surface area contributed by atoms with Crippen LogP contribution in [0.3, 0.4) is 0 Å². The summed E-state index contributed by atoms with van der Waals surface area (Å²) in [5.41, 5.74) is 1.30. The van der Waals surface area contributed by atoms with Gasteiger partial charge in [0.1, 0.15) is 17.8 Å². The molecule has 1 fully saturated rings. The largest absolute Gasteiger partial charge is 0.443 e. The second kappa shape index (κ2) is 11.5. The molecule has 1 N–H and O–H groups in total. The summed E-state index contributed by atoms with van der Waals surface area (Å²) >= 11 is 13.3. The van der Waals surface area contributed by atoms with Gasteiger partial charge in [-0.25, -0.2) is 9.69 Å². The van der Waals surface area contributed by atoms with Gasteiger partial charge in [-0.2, -0.15) is 0 Å². The maximum atomic E-state index is 14.2. The topological polar surface area (TPSA) is 70.1 Å². The normalized spacial score (nSPS) is 19.9. The molecule has 38 heavy (non-hydrogen) atoms. The highest BCUT2D eigenvalue weighted by molar-refractivity contribution is 6.36. The molecule has 3 aromatic carbocycles. The summed E-state index contributed by atoms with van der Waals surface area (Å²) < 4.78 is 5.68. The molecule has 3 aromatic rings. The van der Waals surface area contributed by atoms with E-state index in [1.165, 1.54) is 0 Å². The number of carbonyl (C=O) groups excluding carboxylic acids is 2. The summed E-state index contributed by atoms with van der Waals surface area (Å²) in [4.78, 5) is 30.6. The lowest BCUT2D eigenvalue weighted by molar-refractivity contribution is -0.131. The fourth-order valence-corrected chi connectivity index (χ4v) is 5.49. The van der Waals surface area contributed by atoms with Crippen molar-refractivity contribution in [2.75, 3.05) is 0 Å². The van der Waals surface area contributed by atoms with Gasteiger partial charge in [0.05, 0.1) is 6.10 Å². The van der Waals surface area contributed by atoms with Gasteiger partial charge in [0.15, 0.2) is 0 Å². The zero-order valence-electron chi connectivity index (χ0n) is 21.8. The minimum Gasteiger partial charge on any atom is -0.443 e. The number of carbonyl (C=O) groups is 2. The van der Waals surface area contributed by atoms with Gasteiger partial charge in [-0.05, 0) is 51.0 Å². The molecule has 1 heterocycles. The van der Waals surface area contributed by atoms with Crippen molar-refractivity contribution < 1.29 is 19.4 Å². The number of amides is 2. The summed E-state index contributed by atoms with van der Waals surface area (Å²) in [6.07, 6.45) is -2.76. The summed E-state index contributed by atoms with van der Waals surface area (Å²) in [6, 6.07) is 22.6. The smallest absolute Gasteiger partial charge is 0.418 e. The van der Waals surface area contributed by atoms with E-state index in [0.717, 1.165) is 16.0 Å². The molecule has 4 atom stereocenters. The molecule has 0 radical (unpaired) electrons. The van der Waals surface area contributed by atoms with Crippen molar-refractivity contribution in [3.8, 4) is 0 Å². The molecule has 4 rings (SSSR count). The zero-order chi connectivity index (χ0) is 27.6. The zero-order valence-corrected chi connectivity index (χ0v) is 23.4. The maximum absolute atomic E-state index is 14.2. The van der Waals surface area contributed by atoms with Gasteiger partial charge in [-0.3, -0.25) is 9.69 Å². The van der Waals surface area contributed by atoms with Crippen molar-refractivity contribution in [1.82, 2.24) is 9.80 Å². The lowest BCUT2D eigenvalue weighted by atomic mass is 9.97. The molecule has 8 heteroatoms. The number of hydrogen-bond donors (Lipinski definition) is 1. The van der Waals surface area contributed by atoms with Crippen molar-refractivity contribution in [1.29, 1.82) is 0 Å². The number of nitrogens with zero attached hydrogens (tertiary/aromatic N) is 2. The van der Waals surface area contributed by atoms with Crippen LogP contribution in [0.15, 0.2) is 78.9 Å². The van der Waals surface area contributed by atoms with Crippen LogP contribution < -0.4 is 0 Å². The number of halogens is 2. The Balaban J connectivity index is 1.89. The minimum atomic E-state index is -1.13. The Morgan fingerprint density at radius 3 is 2.05 bits per heavy atom. The quantitative estimate of drug-likeness (QED) is 0.362. The van der Waals surface area contributed by atoms with Crippen molar-refractivity contribution >= 4 is 35.2 Å². The molecule has 0 saturated carbocycles. The van der Waals surface area contributed by atoms with E-state index in [2.05, 4.69) is 0 Å². The highest BCUT2D eigenvalue weighted by Crippen LogP contribution is 2.46. The van der Waals surface area contributed by atoms with E-state index in [9.17, 15) is 14.7 Å². The Morgan fingerprint density at radius 2 is 1.50 bits per heavy atom. The van der Waals surface area contributed by atoms with Crippen LogP contribution in [0.2, 0.25) is 10.0 Å². The second-order valence-corrected chi connectivity index (χ2v) is 11.2. The molecule has 0 aliphatic carbocycles. The molecule has 2 amide bonds. The van der Waals surface area contributed by atoms with Gasteiger partial charge >= 0.3 is 6.09 Å². The number of benzene rings is 3. The number of aliphatic hydroxyl groups is 1. The fraction of sp³-hybridized carbons (Fsp3) is 0.333. The SMILES string of the molecule is C[C@@H](c1ccccc1)N1[C@@H]([C@H](O)Cc2ccccc2)C(=O)N(C(=O)OC(C)(C)C)[C@@H]1c1c(Cl)cccc1Cl. The summed E-state index contributed by atoms with van der Waals surface area (Å²) in [6.45, 7) is 7.13. The first kappa shape index (κ1) is 28.1. The van der Waals surface area contributed by atoms with E-state index in [0.29, 0.717) is 15.6 Å². The van der Waals surface area contributed by atoms with Crippen LogP contribution >= 0.6 is 23.2 Å². The van der Waals surface area contributed by atoms with Crippen LogP contribution in [0.4, 0.5) is 4.79 Å². The van der Waals surface area contributed by atoms with Gasteiger partial charge in [0, 0.05) is 28.1 Å². The van der Waals surface area contributed by atoms with E-state index in [1.807, 2.05) is 72.5 Å². The molecule has 0 unspecified atom stereocenters. The van der Waals surface area contributed by atoms with Crippen LogP contribution in [0.5, 0.6) is 0 Å². The summed E-state index contributed by atoms with van der Waals surface area (Å²) in [5, 5.41) is 12.2. The first-order chi connectivity index (χ1) is 18.0. The van der Waals surface area contributed by atoms with Gasteiger partial charge in [0.25, 0.3) is 5.91 Å². The van der Waals surface area contributed by atoms with Crippen LogP contribution in [0.25, 0.3) is 0 Å². The van der Waals surface area contributed by atoms with Gasteiger partial charge in [0.2, 0.25) is 0 Å². The lowest BCUT2D eigenvalue weighted by Gasteiger charge is -2.37. The fourth-order valence-electron chi connectivity index (χ4n) is 4.90. The third-order valence-corrected chi connectivity index (χ3v) is 7.23. The number of aliphatic hydroxyl groups excluding tert-OH is 1. The standard InChI is InChI=1S/C30H32Cl2N2O4/c1-19(21-14-9-6-10-15-21)33-26(24(35)18-20-12-7-5-8-13-20)28(36)34(29(37)38-30(2,3)4)27(33)25-22(31)16-11-17-23(25)32/h5-17,19,24,26-27,35H,18H2,1-4H3/t19-,24+,26-,27+/m0/s1. The lowest BCUT2D eigenvalue weighted by Crippen LogP contribution is -2.46. The van der Waals surface area contributed by atoms with E-state index >= 15 is 0 Å². The van der Waals surface area contributed by atoms with E-state index in [4.69, 9.17) is 27.9 Å². The van der Waals surface area contributed by atoms with Gasteiger partial charge in [-0.1, -0.05) is 89.9 Å². The van der Waals surface area contributed by atoms with Crippen LogP contribution in [-0.4, -0.2) is 44.7 Å². The molecular weight excluding hydrogens is 523 g/mol. The Morgan fingerprint density at radius 1 is 0.947 bits per heavy atom. The third-order valence-electron chi connectivity index (χ3n) is 6.57. The average molecular weight is 556 g/mol. The Bertz CT molecular complexity index is 1260. The van der Waals surface area contributed by atoms with E-state index < -0.39 is 42.0 Å². The first-order valence-corrected chi connectivity index (χ1v) is 13.3. The van der Waals surface area contributed by atoms with Crippen molar-refractivity contribution in [2.45, 2.75) is 64.1 Å². The molecule has 0 aromatic heterocycles. The highest BCUT2D eigenvalue weighted by atomic mass is 35.5. The monoisotopic (exact) mass is 554 g/mol. The molecule has 200 valence electrons. The summed E-state index contributed by atoms with van der Waals surface area (Å²) in [7, 11) is 0. The Labute approximate surface area is 233 Å². The predicted octanol–water partition coefficient (Wildman–Crippen LogP) is 6.80. The molecule has 0 spiro atoms. The maximum Gasteiger partial charge on any atom is 0.418 e. The Kier molecular flexibility index (Phi) is 8.48. The first-order valence-electron chi connectivity index (χ1n) is 12.5. The molecule has 1 aliphatic rings. The van der Waals surface area contributed by atoms with Gasteiger partial charge in [-0.15, -0.1) is 0 Å². The molecule has 1 saturated heterocycles. The number of rotatable bonds is 6. The summed E-state index contributed by atoms with van der Waals surface area (Å²) in [5.74, 6) is -0.577. The molecule has 6 nitrogen and oxygen atoms in total. The highest BCUT2D eigenvalue weighted by Gasteiger charge is 2.55. The predicted molar refractivity (Wildman–Crippen MR) is 149 cm³/mol. The number of hydrogen-bond acceptors (Lipinski definition) is 5. The molecule has 0 bridgehead atoms. The van der Waals surface area contributed by atoms with Crippen molar-refractivity contribution in [3.63, 3.8) is 0 Å². The molecular formula is C30H32Cl2N2O4. The minimum absolute atomic E-state index is 0.209. The van der Waals surface area contributed by atoms with Gasteiger partial charge < -0.3 is 9.84 Å². The van der Waals surface area contributed by atoms with Crippen LogP contribution in [-0.2, 0) is 16.0 Å². The van der Waals surface area contributed by atoms with E-state index in [1.54, 1.807) is 39.0 Å².